The molecule has 2 aliphatic heterocycles. The molecule has 0 aromatic carbocycles. The van der Waals surface area contributed by atoms with Crippen LogP contribution in [0.1, 0.15) is 25.7 Å². The molecule has 0 aromatic rings. The Labute approximate surface area is 93.4 Å². The van der Waals surface area contributed by atoms with E-state index in [-0.39, 0.29) is 0 Å². The molecular weight excluding hydrogens is 188 g/mol. The molecule has 0 radical (unpaired) electrons. The van der Waals surface area contributed by atoms with E-state index in [1.165, 1.54) is 51.9 Å². The third kappa shape index (κ3) is 3.16. The van der Waals surface area contributed by atoms with Crippen LogP contribution in [0.15, 0.2) is 0 Å². The van der Waals surface area contributed by atoms with Gasteiger partial charge in [-0.05, 0) is 38.9 Å². The van der Waals surface area contributed by atoms with Crippen LogP contribution in [-0.4, -0.2) is 62.3 Å². The van der Waals surface area contributed by atoms with Crippen molar-refractivity contribution < 1.29 is 4.74 Å². The summed E-state index contributed by atoms with van der Waals surface area (Å²) in [6, 6.07) is 0.832. The highest BCUT2D eigenvalue weighted by Gasteiger charge is 2.26. The zero-order valence-electron chi connectivity index (χ0n) is 9.95. The maximum absolute atomic E-state index is 5.17. The third-order valence-electron chi connectivity index (χ3n) is 3.75. The van der Waals surface area contributed by atoms with E-state index >= 15 is 0 Å². The SMILES string of the molecule is COCCN1CCCN2CCCCC2C1. The van der Waals surface area contributed by atoms with Crippen molar-refractivity contribution in [1.82, 2.24) is 9.80 Å². The van der Waals surface area contributed by atoms with Gasteiger partial charge in [0.15, 0.2) is 0 Å². The summed E-state index contributed by atoms with van der Waals surface area (Å²) in [6.45, 7) is 7.17. The van der Waals surface area contributed by atoms with Crippen LogP contribution in [0.2, 0.25) is 0 Å². The highest BCUT2D eigenvalue weighted by Crippen LogP contribution is 2.20. The number of piperidine rings is 1. The van der Waals surface area contributed by atoms with Gasteiger partial charge in [-0.3, -0.25) is 9.80 Å². The monoisotopic (exact) mass is 212 g/mol. The number of hydrogen-bond acceptors (Lipinski definition) is 3. The van der Waals surface area contributed by atoms with Crippen molar-refractivity contribution in [3.05, 3.63) is 0 Å². The molecule has 3 heteroatoms. The Morgan fingerprint density at radius 2 is 2.00 bits per heavy atom. The fourth-order valence-electron chi connectivity index (χ4n) is 2.87. The highest BCUT2D eigenvalue weighted by atomic mass is 16.5. The molecule has 1 unspecified atom stereocenters. The van der Waals surface area contributed by atoms with Crippen molar-refractivity contribution in [3.63, 3.8) is 0 Å². The van der Waals surface area contributed by atoms with E-state index in [0.717, 1.165) is 19.2 Å². The molecule has 2 rings (SSSR count). The Hall–Kier alpha value is -0.120. The van der Waals surface area contributed by atoms with Crippen LogP contribution >= 0.6 is 0 Å². The second kappa shape index (κ2) is 5.83. The molecule has 0 N–H and O–H groups in total. The molecular formula is C12H24N2O. The molecule has 2 saturated heterocycles. The van der Waals surface area contributed by atoms with E-state index in [1.54, 1.807) is 7.11 Å². The molecule has 0 bridgehead atoms. The van der Waals surface area contributed by atoms with E-state index in [4.69, 9.17) is 4.74 Å². The van der Waals surface area contributed by atoms with Gasteiger partial charge in [-0.25, -0.2) is 0 Å². The van der Waals surface area contributed by atoms with Crippen molar-refractivity contribution in [3.8, 4) is 0 Å². The molecule has 88 valence electrons. The second-order valence-corrected chi connectivity index (χ2v) is 4.83. The summed E-state index contributed by atoms with van der Waals surface area (Å²) in [5.74, 6) is 0. The Balaban J connectivity index is 1.84. The lowest BCUT2D eigenvalue weighted by atomic mass is 10.0. The molecule has 0 saturated carbocycles. The molecule has 0 aromatic heterocycles. The van der Waals surface area contributed by atoms with E-state index in [2.05, 4.69) is 9.80 Å². The number of methoxy groups -OCH3 is 1. The van der Waals surface area contributed by atoms with E-state index in [9.17, 15) is 0 Å². The van der Waals surface area contributed by atoms with Crippen LogP contribution in [0.5, 0.6) is 0 Å². The Bertz CT molecular complexity index is 186. The third-order valence-corrected chi connectivity index (χ3v) is 3.75. The number of rotatable bonds is 3. The van der Waals surface area contributed by atoms with Gasteiger partial charge in [-0.1, -0.05) is 6.42 Å². The number of fused-ring (bicyclic) bond motifs is 1. The van der Waals surface area contributed by atoms with Crippen molar-refractivity contribution in [1.29, 1.82) is 0 Å². The fraction of sp³-hybridized carbons (Fsp3) is 1.00. The lowest BCUT2D eigenvalue weighted by molar-refractivity contribution is 0.115. The molecule has 2 fully saturated rings. The minimum atomic E-state index is 0.832. The van der Waals surface area contributed by atoms with E-state index < -0.39 is 0 Å². The van der Waals surface area contributed by atoms with Gasteiger partial charge in [0.25, 0.3) is 0 Å². The number of ether oxygens (including phenoxy) is 1. The van der Waals surface area contributed by atoms with Gasteiger partial charge in [0.1, 0.15) is 0 Å². The van der Waals surface area contributed by atoms with Crippen LogP contribution in [0.4, 0.5) is 0 Å². The first-order valence-corrected chi connectivity index (χ1v) is 6.35. The first-order chi connectivity index (χ1) is 7.40. The van der Waals surface area contributed by atoms with Crippen molar-refractivity contribution in [2.75, 3.05) is 46.4 Å². The van der Waals surface area contributed by atoms with Crippen LogP contribution in [0.25, 0.3) is 0 Å². The molecule has 0 spiro atoms. The smallest absolute Gasteiger partial charge is 0.0589 e. The van der Waals surface area contributed by atoms with Gasteiger partial charge < -0.3 is 4.74 Å². The minimum Gasteiger partial charge on any atom is -0.383 e. The van der Waals surface area contributed by atoms with Crippen molar-refractivity contribution in [2.24, 2.45) is 0 Å². The Morgan fingerprint density at radius 1 is 1.13 bits per heavy atom. The first kappa shape index (κ1) is 11.4. The number of hydrogen-bond donors (Lipinski definition) is 0. The van der Waals surface area contributed by atoms with Gasteiger partial charge in [-0.15, -0.1) is 0 Å². The van der Waals surface area contributed by atoms with Crippen molar-refractivity contribution in [2.45, 2.75) is 31.7 Å². The van der Waals surface area contributed by atoms with Crippen LogP contribution < -0.4 is 0 Å². The molecule has 0 aliphatic carbocycles. The largest absolute Gasteiger partial charge is 0.383 e. The maximum Gasteiger partial charge on any atom is 0.0589 e. The summed E-state index contributed by atoms with van der Waals surface area (Å²) in [5.41, 5.74) is 0. The quantitative estimate of drug-likeness (QED) is 0.699. The van der Waals surface area contributed by atoms with E-state index in [1.807, 2.05) is 0 Å². The molecule has 15 heavy (non-hydrogen) atoms. The lowest BCUT2D eigenvalue weighted by Crippen LogP contribution is -2.44. The van der Waals surface area contributed by atoms with Crippen LogP contribution in [0, 0.1) is 0 Å². The standard InChI is InChI=1S/C12H24N2O/c1-15-10-9-13-6-4-8-14-7-3-2-5-12(14)11-13/h12H,2-11H2,1H3. The normalized spacial score (nSPS) is 29.8. The molecule has 0 amide bonds. The summed E-state index contributed by atoms with van der Waals surface area (Å²) >= 11 is 0. The maximum atomic E-state index is 5.17. The minimum absolute atomic E-state index is 0.832. The topological polar surface area (TPSA) is 15.7 Å². The molecule has 1 atom stereocenters. The van der Waals surface area contributed by atoms with E-state index in [0.29, 0.717) is 0 Å². The van der Waals surface area contributed by atoms with Gasteiger partial charge in [0, 0.05) is 26.2 Å². The predicted octanol–water partition coefficient (Wildman–Crippen LogP) is 1.19. The number of nitrogens with zero attached hydrogens (tertiary/aromatic N) is 2. The molecule has 3 nitrogen and oxygen atoms in total. The second-order valence-electron chi connectivity index (χ2n) is 4.83. The summed E-state index contributed by atoms with van der Waals surface area (Å²) in [4.78, 5) is 5.29. The lowest BCUT2D eigenvalue weighted by Gasteiger charge is -2.35. The van der Waals surface area contributed by atoms with Crippen LogP contribution in [-0.2, 0) is 4.74 Å². The van der Waals surface area contributed by atoms with Gasteiger partial charge >= 0.3 is 0 Å². The summed E-state index contributed by atoms with van der Waals surface area (Å²) in [5, 5.41) is 0. The van der Waals surface area contributed by atoms with Gasteiger partial charge in [0.05, 0.1) is 6.61 Å². The average Bonchev–Trinajstić information content (AvgIpc) is 2.47. The summed E-state index contributed by atoms with van der Waals surface area (Å²) in [7, 11) is 1.80. The Kier molecular flexibility index (Phi) is 4.42. The van der Waals surface area contributed by atoms with Gasteiger partial charge in [-0.2, -0.15) is 0 Å². The summed E-state index contributed by atoms with van der Waals surface area (Å²) < 4.78 is 5.17. The summed E-state index contributed by atoms with van der Waals surface area (Å²) in [6.07, 6.45) is 5.58. The molecule has 2 aliphatic rings. The van der Waals surface area contributed by atoms with Gasteiger partial charge in [0.2, 0.25) is 0 Å². The zero-order valence-corrected chi connectivity index (χ0v) is 9.95. The fourth-order valence-corrected chi connectivity index (χ4v) is 2.87. The predicted molar refractivity (Wildman–Crippen MR) is 62.1 cm³/mol. The van der Waals surface area contributed by atoms with Crippen molar-refractivity contribution >= 4 is 0 Å². The zero-order chi connectivity index (χ0) is 10.5. The first-order valence-electron chi connectivity index (χ1n) is 6.35. The average molecular weight is 212 g/mol. The van der Waals surface area contributed by atoms with Crippen LogP contribution in [0.3, 0.4) is 0 Å². The Morgan fingerprint density at radius 3 is 2.87 bits per heavy atom. The molecule has 2 heterocycles. The highest BCUT2D eigenvalue weighted by molar-refractivity contribution is 4.82.